The van der Waals surface area contributed by atoms with Crippen LogP contribution in [-0.4, -0.2) is 48.8 Å². The van der Waals surface area contributed by atoms with Crippen LogP contribution in [0.5, 0.6) is 5.75 Å². The average molecular weight is 355 g/mol. The number of benzene rings is 1. The molecule has 138 valence electrons. The van der Waals surface area contributed by atoms with Crippen LogP contribution in [0.3, 0.4) is 0 Å². The van der Waals surface area contributed by atoms with Crippen LogP contribution < -0.4 is 10.1 Å². The van der Waals surface area contributed by atoms with E-state index < -0.39 is 0 Å². The first-order valence-corrected chi connectivity index (χ1v) is 8.96. The quantitative estimate of drug-likeness (QED) is 0.863. The number of para-hydroxylation sites is 2. The lowest BCUT2D eigenvalue weighted by Crippen LogP contribution is -2.44. The van der Waals surface area contributed by atoms with Crippen molar-refractivity contribution < 1.29 is 14.3 Å². The molecule has 1 fully saturated rings. The summed E-state index contributed by atoms with van der Waals surface area (Å²) in [5.74, 6) is 0.664. The maximum absolute atomic E-state index is 12.6. The van der Waals surface area contributed by atoms with Crippen molar-refractivity contribution in [3.63, 3.8) is 0 Å². The van der Waals surface area contributed by atoms with Gasteiger partial charge in [0.1, 0.15) is 5.75 Å². The molecule has 1 saturated heterocycles. The van der Waals surface area contributed by atoms with Crippen molar-refractivity contribution in [2.45, 2.75) is 25.4 Å². The van der Waals surface area contributed by atoms with Crippen LogP contribution in [0.2, 0.25) is 0 Å². The van der Waals surface area contributed by atoms with Crippen molar-refractivity contribution in [3.8, 4) is 5.75 Å². The Hall–Kier alpha value is -2.60. The number of ether oxygens (including phenoxy) is 2. The number of piperidine rings is 1. The van der Waals surface area contributed by atoms with E-state index in [1.165, 1.54) is 0 Å². The van der Waals surface area contributed by atoms with Crippen molar-refractivity contribution in [2.75, 3.05) is 32.1 Å². The zero-order valence-corrected chi connectivity index (χ0v) is 15.1. The van der Waals surface area contributed by atoms with E-state index in [1.54, 1.807) is 18.2 Å². The standard InChI is InChI=1S/C20H25N3O3/c1-25-17-8-6-13-23(15-17)20(24)22-18-9-2-3-10-19(18)26-14-11-16-7-4-5-12-21-16/h2-5,7,9-10,12,17H,6,8,11,13-15H2,1H3,(H,22,24). The number of urea groups is 1. The number of amides is 2. The maximum atomic E-state index is 12.6. The van der Waals surface area contributed by atoms with Gasteiger partial charge in [0, 0.05) is 38.5 Å². The van der Waals surface area contributed by atoms with Gasteiger partial charge in [0.25, 0.3) is 0 Å². The number of hydrogen-bond acceptors (Lipinski definition) is 4. The SMILES string of the molecule is COC1CCCN(C(=O)Nc2ccccc2OCCc2ccccn2)C1. The highest BCUT2D eigenvalue weighted by molar-refractivity contribution is 5.91. The Morgan fingerprint density at radius 2 is 2.12 bits per heavy atom. The topological polar surface area (TPSA) is 63.7 Å². The third-order valence-corrected chi connectivity index (χ3v) is 4.47. The molecule has 1 N–H and O–H groups in total. The third kappa shape index (κ3) is 4.95. The molecule has 6 nitrogen and oxygen atoms in total. The summed E-state index contributed by atoms with van der Waals surface area (Å²) in [6, 6.07) is 13.2. The highest BCUT2D eigenvalue weighted by atomic mass is 16.5. The molecule has 0 aliphatic carbocycles. The number of carbonyl (C=O) groups is 1. The molecule has 2 aromatic rings. The minimum Gasteiger partial charge on any atom is -0.491 e. The highest BCUT2D eigenvalue weighted by Crippen LogP contribution is 2.25. The van der Waals surface area contributed by atoms with Gasteiger partial charge in [-0.1, -0.05) is 18.2 Å². The van der Waals surface area contributed by atoms with Gasteiger partial charge < -0.3 is 19.7 Å². The van der Waals surface area contributed by atoms with E-state index in [0.29, 0.717) is 31.0 Å². The fourth-order valence-electron chi connectivity index (χ4n) is 3.02. The predicted octanol–water partition coefficient (Wildman–Crippen LogP) is 3.35. The van der Waals surface area contributed by atoms with E-state index in [2.05, 4.69) is 10.3 Å². The monoisotopic (exact) mass is 355 g/mol. The van der Waals surface area contributed by atoms with E-state index in [-0.39, 0.29) is 12.1 Å². The summed E-state index contributed by atoms with van der Waals surface area (Å²) in [7, 11) is 1.69. The van der Waals surface area contributed by atoms with Gasteiger partial charge >= 0.3 is 6.03 Å². The van der Waals surface area contributed by atoms with E-state index >= 15 is 0 Å². The van der Waals surface area contributed by atoms with Crippen LogP contribution in [0.4, 0.5) is 10.5 Å². The fourth-order valence-corrected chi connectivity index (χ4v) is 3.02. The molecule has 0 radical (unpaired) electrons. The first-order valence-electron chi connectivity index (χ1n) is 8.96. The van der Waals surface area contributed by atoms with Gasteiger partial charge in [-0.05, 0) is 37.1 Å². The van der Waals surface area contributed by atoms with E-state index in [4.69, 9.17) is 9.47 Å². The number of nitrogens with one attached hydrogen (secondary N) is 1. The van der Waals surface area contributed by atoms with Gasteiger partial charge in [-0.25, -0.2) is 4.79 Å². The molecule has 1 aromatic carbocycles. The lowest BCUT2D eigenvalue weighted by Gasteiger charge is -2.32. The molecule has 0 saturated carbocycles. The number of likely N-dealkylation sites (tertiary alicyclic amines) is 1. The van der Waals surface area contributed by atoms with Crippen LogP contribution in [0, 0.1) is 0 Å². The molecular weight excluding hydrogens is 330 g/mol. The lowest BCUT2D eigenvalue weighted by atomic mass is 10.1. The molecule has 2 amide bonds. The van der Waals surface area contributed by atoms with Crippen LogP contribution >= 0.6 is 0 Å². The lowest BCUT2D eigenvalue weighted by molar-refractivity contribution is 0.0458. The largest absolute Gasteiger partial charge is 0.491 e. The summed E-state index contributed by atoms with van der Waals surface area (Å²) in [6.45, 7) is 1.86. The Bertz CT molecular complexity index is 708. The highest BCUT2D eigenvalue weighted by Gasteiger charge is 2.23. The first-order chi connectivity index (χ1) is 12.8. The van der Waals surface area contributed by atoms with Gasteiger partial charge in [-0.3, -0.25) is 4.98 Å². The molecule has 1 aliphatic rings. The van der Waals surface area contributed by atoms with Crippen LogP contribution in [0.25, 0.3) is 0 Å². The van der Waals surface area contributed by atoms with Crippen molar-refractivity contribution in [1.29, 1.82) is 0 Å². The molecule has 1 unspecified atom stereocenters. The molecule has 1 atom stereocenters. The molecule has 3 rings (SSSR count). The zero-order chi connectivity index (χ0) is 18.2. The number of pyridine rings is 1. The van der Waals surface area contributed by atoms with E-state index in [0.717, 1.165) is 25.1 Å². The van der Waals surface area contributed by atoms with E-state index in [9.17, 15) is 4.79 Å². The Morgan fingerprint density at radius 3 is 2.92 bits per heavy atom. The van der Waals surface area contributed by atoms with Crippen molar-refractivity contribution in [1.82, 2.24) is 9.88 Å². The molecule has 2 heterocycles. The van der Waals surface area contributed by atoms with Gasteiger partial charge in [-0.15, -0.1) is 0 Å². The second-order valence-electron chi connectivity index (χ2n) is 6.29. The average Bonchev–Trinajstić information content (AvgIpc) is 2.70. The minimum atomic E-state index is -0.118. The summed E-state index contributed by atoms with van der Waals surface area (Å²) in [4.78, 5) is 18.7. The zero-order valence-electron chi connectivity index (χ0n) is 15.1. The van der Waals surface area contributed by atoms with Gasteiger partial charge in [-0.2, -0.15) is 0 Å². The summed E-state index contributed by atoms with van der Waals surface area (Å²) < 4.78 is 11.3. The molecule has 1 aliphatic heterocycles. The van der Waals surface area contributed by atoms with Crippen LogP contribution in [-0.2, 0) is 11.2 Å². The molecule has 6 heteroatoms. The molecule has 0 spiro atoms. The summed E-state index contributed by atoms with van der Waals surface area (Å²) in [6.07, 6.45) is 4.54. The Morgan fingerprint density at radius 1 is 1.27 bits per heavy atom. The second kappa shape index (κ2) is 9.20. The number of anilines is 1. The normalized spacial score (nSPS) is 17.0. The molecule has 0 bridgehead atoms. The summed E-state index contributed by atoms with van der Waals surface area (Å²) >= 11 is 0. The number of nitrogens with zero attached hydrogens (tertiary/aromatic N) is 2. The first kappa shape index (κ1) is 18.2. The third-order valence-electron chi connectivity index (χ3n) is 4.47. The Kier molecular flexibility index (Phi) is 6.44. The van der Waals surface area contributed by atoms with Gasteiger partial charge in [0.05, 0.1) is 18.4 Å². The van der Waals surface area contributed by atoms with Crippen LogP contribution in [0.15, 0.2) is 48.7 Å². The molecule has 1 aromatic heterocycles. The Balaban J connectivity index is 1.57. The van der Waals surface area contributed by atoms with Gasteiger partial charge in [0.15, 0.2) is 0 Å². The summed E-state index contributed by atoms with van der Waals surface area (Å²) in [5, 5.41) is 2.96. The van der Waals surface area contributed by atoms with Crippen molar-refractivity contribution in [2.24, 2.45) is 0 Å². The van der Waals surface area contributed by atoms with Crippen molar-refractivity contribution in [3.05, 3.63) is 54.4 Å². The van der Waals surface area contributed by atoms with E-state index in [1.807, 2.05) is 42.5 Å². The van der Waals surface area contributed by atoms with Crippen LogP contribution in [0.1, 0.15) is 18.5 Å². The number of aromatic nitrogens is 1. The van der Waals surface area contributed by atoms with Gasteiger partial charge in [0.2, 0.25) is 0 Å². The van der Waals surface area contributed by atoms with Crippen molar-refractivity contribution >= 4 is 11.7 Å². The smallest absolute Gasteiger partial charge is 0.322 e. The maximum Gasteiger partial charge on any atom is 0.322 e. The summed E-state index contributed by atoms with van der Waals surface area (Å²) in [5.41, 5.74) is 1.66. The number of carbonyl (C=O) groups excluding carboxylic acids is 1. The Labute approximate surface area is 154 Å². The predicted molar refractivity (Wildman–Crippen MR) is 101 cm³/mol. The number of methoxy groups -OCH3 is 1. The number of rotatable bonds is 6. The fraction of sp³-hybridized carbons (Fsp3) is 0.400. The molecular formula is C20H25N3O3. The second-order valence-corrected chi connectivity index (χ2v) is 6.29. The minimum absolute atomic E-state index is 0.111. The number of hydrogen-bond donors (Lipinski definition) is 1. The molecule has 26 heavy (non-hydrogen) atoms.